The van der Waals surface area contributed by atoms with E-state index in [1.54, 1.807) is 35.6 Å². The molecule has 2 nitrogen and oxygen atoms in total. The minimum atomic E-state index is 0.233. The second kappa shape index (κ2) is 6.02. The Morgan fingerprint density at radius 2 is 1.54 bits per heavy atom. The molecule has 24 heavy (non-hydrogen) atoms. The molecule has 3 heteroatoms. The summed E-state index contributed by atoms with van der Waals surface area (Å²) in [6.07, 6.45) is 0. The molecule has 0 aliphatic rings. The van der Waals surface area contributed by atoms with E-state index >= 15 is 0 Å². The van der Waals surface area contributed by atoms with Gasteiger partial charge in [-0.3, -0.25) is 0 Å². The van der Waals surface area contributed by atoms with Crippen LogP contribution in [0.2, 0.25) is 0 Å². The Balaban J connectivity index is 1.86. The number of thiophene rings is 1. The highest BCUT2D eigenvalue weighted by Crippen LogP contribution is 2.46. The summed E-state index contributed by atoms with van der Waals surface area (Å²) in [6.45, 7) is 2.09. The number of ether oxygens (including phenoxy) is 1. The van der Waals surface area contributed by atoms with Crippen LogP contribution in [0.1, 0.15) is 5.56 Å². The van der Waals surface area contributed by atoms with Crippen LogP contribution in [0.25, 0.3) is 20.5 Å². The Bertz CT molecular complexity index is 983. The van der Waals surface area contributed by atoms with Crippen LogP contribution in [0.5, 0.6) is 17.2 Å². The van der Waals surface area contributed by atoms with Crippen molar-refractivity contribution in [3.05, 3.63) is 78.4 Å². The van der Waals surface area contributed by atoms with Crippen LogP contribution in [0, 0.1) is 6.92 Å². The third-order valence-corrected chi connectivity index (χ3v) is 5.12. The Hall–Kier alpha value is -2.78. The highest BCUT2D eigenvalue weighted by atomic mass is 32.1. The number of hydrogen-bond acceptors (Lipinski definition) is 3. The van der Waals surface area contributed by atoms with Gasteiger partial charge in [-0.2, -0.15) is 0 Å². The fourth-order valence-corrected chi connectivity index (χ4v) is 3.79. The van der Waals surface area contributed by atoms with Gasteiger partial charge in [-0.1, -0.05) is 42.0 Å². The van der Waals surface area contributed by atoms with Gasteiger partial charge in [-0.05, 0) is 48.9 Å². The Kier molecular flexibility index (Phi) is 3.71. The lowest BCUT2D eigenvalue weighted by Gasteiger charge is -2.08. The second-order valence-corrected chi connectivity index (χ2v) is 6.77. The number of rotatable bonds is 3. The first-order valence-electron chi connectivity index (χ1n) is 7.76. The van der Waals surface area contributed by atoms with E-state index in [9.17, 15) is 5.11 Å². The standard InChI is InChI=1S/C21H16O2S/c1-14-6-8-15(9-7-14)21-20(18-4-2-3-5-19(18)24-21)23-17-12-10-16(22)11-13-17/h2-13,22H,1H3. The predicted molar refractivity (Wildman–Crippen MR) is 100 cm³/mol. The number of phenolic OH excluding ortho intramolecular Hbond substituents is 1. The molecule has 0 spiro atoms. The lowest BCUT2D eigenvalue weighted by Crippen LogP contribution is -1.85. The maximum atomic E-state index is 9.46. The third kappa shape index (κ3) is 2.74. The zero-order valence-corrected chi connectivity index (χ0v) is 14.0. The van der Waals surface area contributed by atoms with Crippen molar-refractivity contribution in [1.82, 2.24) is 0 Å². The summed E-state index contributed by atoms with van der Waals surface area (Å²) < 4.78 is 7.40. The molecular weight excluding hydrogens is 316 g/mol. The van der Waals surface area contributed by atoms with E-state index in [0.717, 1.165) is 21.6 Å². The molecule has 4 aromatic rings. The summed E-state index contributed by atoms with van der Waals surface area (Å²) in [5, 5.41) is 10.6. The first-order valence-corrected chi connectivity index (χ1v) is 8.58. The predicted octanol–water partition coefficient (Wildman–Crippen LogP) is 6.37. The van der Waals surface area contributed by atoms with Crippen LogP contribution in [-0.2, 0) is 0 Å². The minimum absolute atomic E-state index is 0.233. The molecule has 0 saturated heterocycles. The fourth-order valence-electron chi connectivity index (χ4n) is 2.65. The molecule has 1 N–H and O–H groups in total. The first kappa shape index (κ1) is 14.8. The summed E-state index contributed by atoms with van der Waals surface area (Å²) >= 11 is 1.73. The Labute approximate surface area is 144 Å². The molecule has 0 radical (unpaired) electrons. The van der Waals surface area contributed by atoms with E-state index in [-0.39, 0.29) is 5.75 Å². The average molecular weight is 332 g/mol. The van der Waals surface area contributed by atoms with E-state index in [1.165, 1.54) is 10.3 Å². The second-order valence-electron chi connectivity index (χ2n) is 5.72. The Morgan fingerprint density at radius 1 is 0.833 bits per heavy atom. The molecular formula is C21H16O2S. The van der Waals surface area contributed by atoms with Gasteiger partial charge in [0.15, 0.2) is 5.75 Å². The molecule has 0 aliphatic carbocycles. The molecule has 0 saturated carbocycles. The van der Waals surface area contributed by atoms with Crippen molar-refractivity contribution in [2.45, 2.75) is 6.92 Å². The fraction of sp³-hybridized carbons (Fsp3) is 0.0476. The molecule has 0 atom stereocenters. The lowest BCUT2D eigenvalue weighted by atomic mass is 10.1. The maximum absolute atomic E-state index is 9.46. The van der Waals surface area contributed by atoms with Crippen LogP contribution in [0.4, 0.5) is 0 Å². The number of benzene rings is 3. The molecule has 4 rings (SSSR count). The zero-order chi connectivity index (χ0) is 16.5. The zero-order valence-electron chi connectivity index (χ0n) is 13.2. The van der Waals surface area contributed by atoms with E-state index in [0.29, 0.717) is 5.75 Å². The topological polar surface area (TPSA) is 29.5 Å². The van der Waals surface area contributed by atoms with E-state index in [4.69, 9.17) is 4.74 Å². The van der Waals surface area contributed by atoms with Gasteiger partial charge in [0.05, 0.1) is 4.88 Å². The molecule has 0 aliphatic heterocycles. The normalized spacial score (nSPS) is 10.9. The largest absolute Gasteiger partial charge is 0.508 e. The van der Waals surface area contributed by atoms with Crippen molar-refractivity contribution in [2.75, 3.05) is 0 Å². The number of phenols is 1. The molecule has 1 aromatic heterocycles. The SMILES string of the molecule is Cc1ccc(-c2sc3ccccc3c2Oc2ccc(O)cc2)cc1. The highest BCUT2D eigenvalue weighted by molar-refractivity contribution is 7.22. The van der Waals surface area contributed by atoms with Gasteiger partial charge in [0.2, 0.25) is 0 Å². The molecule has 1 heterocycles. The number of aromatic hydroxyl groups is 1. The highest BCUT2D eigenvalue weighted by Gasteiger charge is 2.16. The van der Waals surface area contributed by atoms with E-state index < -0.39 is 0 Å². The van der Waals surface area contributed by atoms with Crippen LogP contribution in [0.15, 0.2) is 72.8 Å². The van der Waals surface area contributed by atoms with E-state index in [1.807, 2.05) is 12.1 Å². The van der Waals surface area contributed by atoms with E-state index in [2.05, 4.69) is 43.3 Å². The summed E-state index contributed by atoms with van der Waals surface area (Å²) in [4.78, 5) is 1.12. The maximum Gasteiger partial charge on any atom is 0.153 e. The van der Waals surface area contributed by atoms with Gasteiger partial charge >= 0.3 is 0 Å². The summed E-state index contributed by atoms with van der Waals surface area (Å²) in [5.41, 5.74) is 2.39. The van der Waals surface area contributed by atoms with Gasteiger partial charge in [0, 0.05) is 10.1 Å². The van der Waals surface area contributed by atoms with Crippen LogP contribution >= 0.6 is 11.3 Å². The smallest absolute Gasteiger partial charge is 0.153 e. The van der Waals surface area contributed by atoms with Crippen molar-refractivity contribution >= 4 is 21.4 Å². The number of hydrogen-bond donors (Lipinski definition) is 1. The van der Waals surface area contributed by atoms with Crippen LogP contribution in [-0.4, -0.2) is 5.11 Å². The lowest BCUT2D eigenvalue weighted by molar-refractivity contribution is 0.467. The summed E-state index contributed by atoms with van der Waals surface area (Å²) in [6, 6.07) is 23.6. The summed E-state index contributed by atoms with van der Waals surface area (Å²) in [5.74, 6) is 1.81. The molecule has 0 amide bonds. The number of fused-ring (bicyclic) bond motifs is 1. The molecule has 0 fully saturated rings. The van der Waals surface area contributed by atoms with Gasteiger partial charge < -0.3 is 9.84 Å². The number of aryl methyl sites for hydroxylation is 1. The first-order chi connectivity index (χ1) is 11.7. The van der Waals surface area contributed by atoms with Crippen molar-refractivity contribution in [3.63, 3.8) is 0 Å². The molecule has 3 aromatic carbocycles. The van der Waals surface area contributed by atoms with Crippen molar-refractivity contribution in [3.8, 4) is 27.7 Å². The van der Waals surface area contributed by atoms with Crippen molar-refractivity contribution in [1.29, 1.82) is 0 Å². The quantitative estimate of drug-likeness (QED) is 0.472. The molecule has 0 unspecified atom stereocenters. The summed E-state index contributed by atoms with van der Waals surface area (Å²) in [7, 11) is 0. The third-order valence-electron chi connectivity index (χ3n) is 3.92. The van der Waals surface area contributed by atoms with Crippen LogP contribution in [0.3, 0.4) is 0 Å². The monoisotopic (exact) mass is 332 g/mol. The van der Waals surface area contributed by atoms with Gasteiger partial charge in [0.25, 0.3) is 0 Å². The van der Waals surface area contributed by atoms with Gasteiger partial charge in [-0.15, -0.1) is 11.3 Å². The van der Waals surface area contributed by atoms with Gasteiger partial charge in [-0.25, -0.2) is 0 Å². The molecule has 0 bridgehead atoms. The van der Waals surface area contributed by atoms with Crippen molar-refractivity contribution in [2.24, 2.45) is 0 Å². The average Bonchev–Trinajstić information content (AvgIpc) is 2.96. The molecule has 118 valence electrons. The van der Waals surface area contributed by atoms with Crippen molar-refractivity contribution < 1.29 is 9.84 Å². The van der Waals surface area contributed by atoms with Crippen LogP contribution < -0.4 is 4.74 Å². The minimum Gasteiger partial charge on any atom is -0.508 e. The van der Waals surface area contributed by atoms with Gasteiger partial charge in [0.1, 0.15) is 11.5 Å². The Morgan fingerprint density at radius 3 is 2.29 bits per heavy atom.